The van der Waals surface area contributed by atoms with E-state index in [0.29, 0.717) is 19.3 Å². The van der Waals surface area contributed by atoms with Crippen molar-refractivity contribution in [2.45, 2.75) is 46.5 Å². The van der Waals surface area contributed by atoms with Gasteiger partial charge in [0.1, 0.15) is 6.29 Å². The minimum Gasteiger partial charge on any atom is -0.481 e. The van der Waals surface area contributed by atoms with Gasteiger partial charge in [0.2, 0.25) is 0 Å². The molecule has 1 N–H and O–H groups in total. The third kappa shape index (κ3) is 6.63. The second-order valence-corrected chi connectivity index (χ2v) is 4.88. The van der Waals surface area contributed by atoms with Crippen LogP contribution in [0.2, 0.25) is 0 Å². The summed E-state index contributed by atoms with van der Waals surface area (Å²) in [5, 5.41) is 8.88. The van der Waals surface area contributed by atoms with Crippen LogP contribution in [0, 0.1) is 11.3 Å². The normalized spacial score (nSPS) is 13.6. The summed E-state index contributed by atoms with van der Waals surface area (Å²) in [7, 11) is 0. The van der Waals surface area contributed by atoms with E-state index in [4.69, 9.17) is 5.11 Å². The number of rotatable bonds is 6. The maximum absolute atomic E-state index is 10.8. The van der Waals surface area contributed by atoms with Gasteiger partial charge in [0.15, 0.2) is 0 Å². The largest absolute Gasteiger partial charge is 0.481 e. The Morgan fingerprint density at radius 3 is 2.29 bits per heavy atom. The second kappa shape index (κ2) is 5.78. The van der Waals surface area contributed by atoms with Gasteiger partial charge < -0.3 is 9.90 Å². The molecule has 0 aromatic rings. The molecule has 14 heavy (non-hydrogen) atoms. The van der Waals surface area contributed by atoms with Gasteiger partial charge in [0.05, 0.1) is 5.92 Å². The van der Waals surface area contributed by atoms with Crippen LogP contribution in [0.5, 0.6) is 0 Å². The molecule has 0 fully saturated rings. The topological polar surface area (TPSA) is 54.4 Å². The molecule has 0 aliphatic rings. The monoisotopic (exact) mass is 200 g/mol. The van der Waals surface area contributed by atoms with Crippen LogP contribution in [0.4, 0.5) is 0 Å². The number of aliphatic carboxylic acids is 1. The third-order valence-corrected chi connectivity index (χ3v) is 2.23. The van der Waals surface area contributed by atoms with E-state index in [9.17, 15) is 9.59 Å². The Morgan fingerprint density at radius 2 is 1.93 bits per heavy atom. The summed E-state index contributed by atoms with van der Waals surface area (Å²) in [4.78, 5) is 20.9. The molecule has 1 unspecified atom stereocenters. The van der Waals surface area contributed by atoms with Gasteiger partial charge in [-0.15, -0.1) is 0 Å². The quantitative estimate of drug-likeness (QED) is 0.670. The fourth-order valence-corrected chi connectivity index (χ4v) is 1.27. The molecule has 0 aliphatic carbocycles. The van der Waals surface area contributed by atoms with Gasteiger partial charge in [0.25, 0.3) is 0 Å². The summed E-state index contributed by atoms with van der Waals surface area (Å²) >= 11 is 0. The van der Waals surface area contributed by atoms with Crippen molar-refractivity contribution in [3.05, 3.63) is 0 Å². The lowest BCUT2D eigenvalue weighted by molar-refractivity contribution is -0.142. The summed E-state index contributed by atoms with van der Waals surface area (Å²) in [5.74, 6) is -1.14. The van der Waals surface area contributed by atoms with E-state index in [1.165, 1.54) is 0 Å². The Balaban J connectivity index is 3.97. The van der Waals surface area contributed by atoms with Crippen molar-refractivity contribution in [3.63, 3.8) is 0 Å². The number of hydrogen-bond donors (Lipinski definition) is 1. The Bertz CT molecular complexity index is 191. The predicted molar refractivity (Wildman–Crippen MR) is 55.1 cm³/mol. The number of carboxylic acid groups (broad SMARTS) is 1. The molecule has 0 saturated heterocycles. The van der Waals surface area contributed by atoms with Gasteiger partial charge in [-0.1, -0.05) is 20.8 Å². The van der Waals surface area contributed by atoms with Gasteiger partial charge >= 0.3 is 5.97 Å². The smallest absolute Gasteiger partial charge is 0.306 e. The molecule has 0 aromatic carbocycles. The average Bonchev–Trinajstić information content (AvgIpc) is 2.01. The molecule has 0 spiro atoms. The zero-order chi connectivity index (χ0) is 11.2. The van der Waals surface area contributed by atoms with Crippen LogP contribution >= 0.6 is 0 Å². The van der Waals surface area contributed by atoms with Crippen molar-refractivity contribution in [2.24, 2.45) is 11.3 Å². The zero-order valence-corrected chi connectivity index (χ0v) is 9.25. The molecule has 3 nitrogen and oxygen atoms in total. The summed E-state index contributed by atoms with van der Waals surface area (Å²) in [6.45, 7) is 6.27. The molecule has 0 heterocycles. The van der Waals surface area contributed by atoms with Crippen LogP contribution in [0.1, 0.15) is 46.5 Å². The van der Waals surface area contributed by atoms with Crippen LogP contribution < -0.4 is 0 Å². The van der Waals surface area contributed by atoms with Gasteiger partial charge in [-0.3, -0.25) is 4.79 Å². The molecule has 0 aromatic heterocycles. The van der Waals surface area contributed by atoms with Crippen LogP contribution in [0.25, 0.3) is 0 Å². The maximum Gasteiger partial charge on any atom is 0.306 e. The number of carboxylic acids is 1. The van der Waals surface area contributed by atoms with E-state index in [0.717, 1.165) is 12.7 Å². The van der Waals surface area contributed by atoms with E-state index in [-0.39, 0.29) is 11.3 Å². The van der Waals surface area contributed by atoms with Crippen molar-refractivity contribution < 1.29 is 14.7 Å². The highest BCUT2D eigenvalue weighted by atomic mass is 16.4. The molecule has 1 atom stereocenters. The minimum atomic E-state index is -0.781. The van der Waals surface area contributed by atoms with Crippen LogP contribution in [-0.2, 0) is 9.59 Å². The van der Waals surface area contributed by atoms with E-state index < -0.39 is 5.97 Å². The summed E-state index contributed by atoms with van der Waals surface area (Å²) < 4.78 is 0. The molecule has 3 heteroatoms. The lowest BCUT2D eigenvalue weighted by atomic mass is 9.85. The average molecular weight is 200 g/mol. The lowest BCUT2D eigenvalue weighted by Crippen LogP contribution is -2.17. The first-order valence-electron chi connectivity index (χ1n) is 5.03. The zero-order valence-electron chi connectivity index (χ0n) is 9.25. The predicted octanol–water partition coefficient (Wildman–Crippen LogP) is 2.49. The minimum absolute atomic E-state index is 0.162. The lowest BCUT2D eigenvalue weighted by Gasteiger charge is -2.20. The van der Waals surface area contributed by atoms with Crippen LogP contribution in [-0.4, -0.2) is 17.4 Å². The van der Waals surface area contributed by atoms with Crippen molar-refractivity contribution >= 4 is 12.3 Å². The number of carbonyl (C=O) groups is 2. The fourth-order valence-electron chi connectivity index (χ4n) is 1.27. The summed E-state index contributed by atoms with van der Waals surface area (Å²) in [5.41, 5.74) is 0.162. The van der Waals surface area contributed by atoms with Crippen molar-refractivity contribution in [1.29, 1.82) is 0 Å². The van der Waals surface area contributed by atoms with E-state index in [1.54, 1.807) is 0 Å². The van der Waals surface area contributed by atoms with Crippen molar-refractivity contribution in [3.8, 4) is 0 Å². The number of hydrogen-bond acceptors (Lipinski definition) is 2. The van der Waals surface area contributed by atoms with Crippen molar-refractivity contribution in [2.75, 3.05) is 0 Å². The molecule has 0 saturated carbocycles. The molecular weight excluding hydrogens is 180 g/mol. The molecule has 0 radical (unpaired) electrons. The third-order valence-electron chi connectivity index (χ3n) is 2.23. The molecule has 0 aliphatic heterocycles. The molecule has 0 bridgehead atoms. The van der Waals surface area contributed by atoms with E-state index >= 15 is 0 Å². The van der Waals surface area contributed by atoms with Gasteiger partial charge in [-0.25, -0.2) is 0 Å². The van der Waals surface area contributed by atoms with Crippen LogP contribution in [0.15, 0.2) is 0 Å². The Labute approximate surface area is 85.5 Å². The first-order chi connectivity index (χ1) is 6.37. The number of carbonyl (C=O) groups excluding carboxylic acids is 1. The first kappa shape index (κ1) is 13.1. The van der Waals surface area contributed by atoms with E-state index in [2.05, 4.69) is 20.8 Å². The SMILES string of the molecule is CC(C)(C)CCC(CCC=O)C(=O)O. The summed E-state index contributed by atoms with van der Waals surface area (Å²) in [6.07, 6.45) is 3.14. The van der Waals surface area contributed by atoms with Gasteiger partial charge in [0, 0.05) is 6.42 Å². The molecular formula is C11H20O3. The standard InChI is InChI=1S/C11H20O3/c1-11(2,3)7-6-9(10(13)14)5-4-8-12/h8-9H,4-7H2,1-3H3,(H,13,14). The highest BCUT2D eigenvalue weighted by molar-refractivity contribution is 5.70. The highest BCUT2D eigenvalue weighted by Gasteiger charge is 2.20. The van der Waals surface area contributed by atoms with Gasteiger partial charge in [-0.2, -0.15) is 0 Å². The maximum atomic E-state index is 10.8. The number of aldehydes is 1. The Morgan fingerprint density at radius 1 is 1.36 bits per heavy atom. The molecule has 0 rings (SSSR count). The Kier molecular flexibility index (Phi) is 5.43. The molecule has 82 valence electrons. The highest BCUT2D eigenvalue weighted by Crippen LogP contribution is 2.25. The van der Waals surface area contributed by atoms with Crippen LogP contribution in [0.3, 0.4) is 0 Å². The Hall–Kier alpha value is -0.860. The summed E-state index contributed by atoms with van der Waals surface area (Å²) in [6, 6.07) is 0. The second-order valence-electron chi connectivity index (χ2n) is 4.88. The first-order valence-corrected chi connectivity index (χ1v) is 5.03. The van der Waals surface area contributed by atoms with E-state index in [1.807, 2.05) is 0 Å². The van der Waals surface area contributed by atoms with Crippen molar-refractivity contribution in [1.82, 2.24) is 0 Å². The van der Waals surface area contributed by atoms with Gasteiger partial charge in [-0.05, 0) is 24.7 Å². The fraction of sp³-hybridized carbons (Fsp3) is 0.818. The molecule has 0 amide bonds.